The van der Waals surface area contributed by atoms with E-state index >= 15 is 0 Å². The number of carbonyl (C=O) groups is 1. The number of alkyl halides is 3. The van der Waals surface area contributed by atoms with Crippen molar-refractivity contribution in [2.45, 2.75) is 6.18 Å². The predicted octanol–water partition coefficient (Wildman–Crippen LogP) is 4.44. The first-order valence-corrected chi connectivity index (χ1v) is 7.96. The normalized spacial score (nSPS) is 11.3. The number of rotatable bonds is 7. The second-order valence-electron chi connectivity index (χ2n) is 5.23. The van der Waals surface area contributed by atoms with E-state index in [-0.39, 0.29) is 13.2 Å². The van der Waals surface area contributed by atoms with Gasteiger partial charge in [0.2, 0.25) is 0 Å². The van der Waals surface area contributed by atoms with E-state index in [0.29, 0.717) is 17.2 Å². The van der Waals surface area contributed by atoms with Crippen LogP contribution in [0.25, 0.3) is 0 Å². The highest BCUT2D eigenvalue weighted by Gasteiger charge is 2.29. The second kappa shape index (κ2) is 9.51. The molecular weight excluding hydrogens is 363 g/mol. The molecule has 0 aromatic heterocycles. The van der Waals surface area contributed by atoms with E-state index in [1.807, 2.05) is 0 Å². The van der Waals surface area contributed by atoms with E-state index in [9.17, 15) is 18.0 Å². The van der Waals surface area contributed by atoms with Crippen LogP contribution >= 0.6 is 0 Å². The van der Waals surface area contributed by atoms with Crippen molar-refractivity contribution in [3.05, 3.63) is 66.2 Å². The molecule has 0 heterocycles. The molecule has 5 nitrogen and oxygen atoms in total. The van der Waals surface area contributed by atoms with Crippen LogP contribution in [0.3, 0.4) is 0 Å². The quantitative estimate of drug-likeness (QED) is 0.721. The molecule has 2 aromatic rings. The number of ether oxygens (including phenoxy) is 3. The Balaban J connectivity index is 1.74. The third-order valence-corrected chi connectivity index (χ3v) is 3.26. The van der Waals surface area contributed by atoms with Gasteiger partial charge in [0.05, 0.1) is 5.56 Å². The number of halogens is 3. The lowest BCUT2D eigenvalue weighted by molar-refractivity contribution is -0.137. The zero-order valence-electron chi connectivity index (χ0n) is 14.5. The van der Waals surface area contributed by atoms with Crippen LogP contribution in [-0.4, -0.2) is 26.4 Å². The number of hydrogen-bond donors (Lipinski definition) is 1. The lowest BCUT2D eigenvalue weighted by Crippen LogP contribution is -2.21. The average molecular weight is 381 g/mol. The summed E-state index contributed by atoms with van der Waals surface area (Å²) < 4.78 is 53.2. The van der Waals surface area contributed by atoms with Crippen molar-refractivity contribution >= 4 is 6.09 Å². The largest absolute Gasteiger partial charge is 0.490 e. The summed E-state index contributed by atoms with van der Waals surface area (Å²) in [6.45, 7) is 0.439. The molecule has 0 aliphatic heterocycles. The molecule has 0 radical (unpaired) electrons. The highest BCUT2D eigenvalue weighted by Crippen LogP contribution is 2.30. The van der Waals surface area contributed by atoms with Crippen LogP contribution in [0.5, 0.6) is 17.2 Å². The Bertz CT molecular complexity index is 773. The van der Waals surface area contributed by atoms with E-state index in [2.05, 4.69) is 5.32 Å². The van der Waals surface area contributed by atoms with E-state index in [0.717, 1.165) is 12.1 Å². The maximum Gasteiger partial charge on any atom is 0.416 e. The number of amides is 1. The summed E-state index contributed by atoms with van der Waals surface area (Å²) in [6, 6.07) is 11.1. The topological polar surface area (TPSA) is 56.8 Å². The minimum Gasteiger partial charge on any atom is -0.490 e. The summed E-state index contributed by atoms with van der Waals surface area (Å²) >= 11 is 0. The van der Waals surface area contributed by atoms with Crippen LogP contribution in [0.1, 0.15) is 5.56 Å². The third kappa shape index (κ3) is 6.93. The molecular formula is C19H18F3NO4. The van der Waals surface area contributed by atoms with Crippen LogP contribution in [0.2, 0.25) is 0 Å². The lowest BCUT2D eigenvalue weighted by atomic mass is 10.2. The van der Waals surface area contributed by atoms with Crippen molar-refractivity contribution in [3.8, 4) is 17.2 Å². The summed E-state index contributed by atoms with van der Waals surface area (Å²) in [4.78, 5) is 11.2. The maximum atomic E-state index is 12.5. The van der Waals surface area contributed by atoms with Gasteiger partial charge in [0.15, 0.2) is 0 Å². The van der Waals surface area contributed by atoms with Gasteiger partial charge in [0.25, 0.3) is 0 Å². The fourth-order valence-corrected chi connectivity index (χ4v) is 1.95. The van der Waals surface area contributed by atoms with E-state index in [1.54, 1.807) is 36.4 Å². The predicted molar refractivity (Wildman–Crippen MR) is 93.1 cm³/mol. The summed E-state index contributed by atoms with van der Waals surface area (Å²) in [7, 11) is 1.46. The average Bonchev–Trinajstić information content (AvgIpc) is 2.64. The minimum atomic E-state index is -4.36. The number of hydrogen-bond acceptors (Lipinski definition) is 4. The second-order valence-corrected chi connectivity index (χ2v) is 5.23. The van der Waals surface area contributed by atoms with Crippen LogP contribution in [0, 0.1) is 0 Å². The van der Waals surface area contributed by atoms with Crippen LogP contribution in [-0.2, 0) is 6.18 Å². The Morgan fingerprint density at radius 2 is 1.56 bits per heavy atom. The zero-order valence-corrected chi connectivity index (χ0v) is 14.5. The first-order chi connectivity index (χ1) is 12.9. The van der Waals surface area contributed by atoms with Gasteiger partial charge in [-0.15, -0.1) is 0 Å². The number of carbonyl (C=O) groups excluding carboxylic acids is 1. The smallest absolute Gasteiger partial charge is 0.416 e. The van der Waals surface area contributed by atoms with Crippen molar-refractivity contribution in [1.29, 1.82) is 0 Å². The molecule has 8 heteroatoms. The van der Waals surface area contributed by atoms with Gasteiger partial charge in [0, 0.05) is 13.1 Å². The first-order valence-electron chi connectivity index (χ1n) is 7.96. The summed E-state index contributed by atoms with van der Waals surface area (Å²) in [5.41, 5.74) is -0.721. The molecule has 0 aliphatic carbocycles. The summed E-state index contributed by atoms with van der Waals surface area (Å²) in [6.07, 6.45) is -1.55. The molecule has 27 heavy (non-hydrogen) atoms. The SMILES string of the molecule is CNC(=O)Oc1cccc(OC/C=C/COc2ccc(C(F)(F)F)cc2)c1. The monoisotopic (exact) mass is 381 g/mol. The molecule has 0 fully saturated rings. The highest BCUT2D eigenvalue weighted by molar-refractivity contribution is 5.70. The van der Waals surface area contributed by atoms with Crippen molar-refractivity contribution in [1.82, 2.24) is 5.32 Å². The van der Waals surface area contributed by atoms with Crippen molar-refractivity contribution < 1.29 is 32.2 Å². The van der Waals surface area contributed by atoms with Gasteiger partial charge < -0.3 is 19.5 Å². The van der Waals surface area contributed by atoms with Gasteiger partial charge in [-0.05, 0) is 48.6 Å². The van der Waals surface area contributed by atoms with Crippen molar-refractivity contribution in [2.75, 3.05) is 20.3 Å². The first kappa shape index (κ1) is 20.2. The molecule has 1 amide bonds. The van der Waals surface area contributed by atoms with Crippen LogP contribution in [0.15, 0.2) is 60.7 Å². The van der Waals surface area contributed by atoms with Gasteiger partial charge >= 0.3 is 12.3 Å². The standard InChI is InChI=1S/C19H18F3NO4/c1-23-18(24)27-17-6-4-5-16(13-17)26-12-3-2-11-25-15-9-7-14(8-10-15)19(20,21)22/h2-10,13H,11-12H2,1H3,(H,23,24)/b3-2+. The van der Waals surface area contributed by atoms with Gasteiger partial charge in [0.1, 0.15) is 30.5 Å². The molecule has 0 aliphatic rings. The molecule has 1 N–H and O–H groups in total. The van der Waals surface area contributed by atoms with Gasteiger partial charge in [-0.1, -0.05) is 6.07 Å². The molecule has 144 valence electrons. The summed E-state index contributed by atoms with van der Waals surface area (Å²) in [5, 5.41) is 2.34. The van der Waals surface area contributed by atoms with Crippen LogP contribution < -0.4 is 19.5 Å². The van der Waals surface area contributed by atoms with Crippen molar-refractivity contribution in [3.63, 3.8) is 0 Å². The molecule has 2 rings (SSSR count). The highest BCUT2D eigenvalue weighted by atomic mass is 19.4. The fourth-order valence-electron chi connectivity index (χ4n) is 1.95. The van der Waals surface area contributed by atoms with E-state index in [4.69, 9.17) is 14.2 Å². The Kier molecular flexibility index (Phi) is 7.10. The molecule has 0 saturated carbocycles. The Morgan fingerprint density at radius 1 is 0.963 bits per heavy atom. The van der Waals surface area contributed by atoms with Crippen LogP contribution in [0.4, 0.5) is 18.0 Å². The van der Waals surface area contributed by atoms with E-state index < -0.39 is 17.8 Å². The molecule has 0 unspecified atom stereocenters. The molecule has 0 saturated heterocycles. The Labute approximate surface area is 154 Å². The summed E-state index contributed by atoms with van der Waals surface area (Å²) in [5.74, 6) is 1.21. The van der Waals surface area contributed by atoms with Gasteiger partial charge in [-0.3, -0.25) is 0 Å². The van der Waals surface area contributed by atoms with Gasteiger partial charge in [-0.2, -0.15) is 13.2 Å². The fraction of sp³-hybridized carbons (Fsp3) is 0.211. The molecule has 0 atom stereocenters. The number of nitrogens with one attached hydrogen (secondary N) is 1. The Morgan fingerprint density at radius 3 is 2.15 bits per heavy atom. The maximum absolute atomic E-state index is 12.5. The van der Waals surface area contributed by atoms with E-state index in [1.165, 1.54) is 19.2 Å². The zero-order chi connectivity index (χ0) is 19.7. The Hall–Kier alpha value is -3.16. The number of benzene rings is 2. The molecule has 0 bridgehead atoms. The lowest BCUT2D eigenvalue weighted by Gasteiger charge is -2.08. The minimum absolute atomic E-state index is 0.189. The third-order valence-electron chi connectivity index (χ3n) is 3.26. The molecule has 0 spiro atoms. The molecule has 2 aromatic carbocycles. The van der Waals surface area contributed by atoms with Crippen molar-refractivity contribution in [2.24, 2.45) is 0 Å². The van der Waals surface area contributed by atoms with Gasteiger partial charge in [-0.25, -0.2) is 4.79 Å².